The largest absolute Gasteiger partial charge is 0.322 e. The van der Waals surface area contributed by atoms with Crippen molar-refractivity contribution < 1.29 is 13.2 Å². The number of primary sulfonamides is 1. The zero-order chi connectivity index (χ0) is 19.0. The fourth-order valence-corrected chi connectivity index (χ4v) is 3.45. The number of carbonyl (C=O) groups excluding carboxylic acids is 1. The van der Waals surface area contributed by atoms with E-state index in [1.54, 1.807) is 19.1 Å². The molecule has 25 heavy (non-hydrogen) atoms. The van der Waals surface area contributed by atoms with E-state index in [-0.39, 0.29) is 26.9 Å². The Kier molecular flexibility index (Phi) is 5.27. The number of nitrogens with one attached hydrogen (secondary N) is 1. The van der Waals surface area contributed by atoms with Crippen molar-refractivity contribution in [2.24, 2.45) is 5.14 Å². The van der Waals surface area contributed by atoms with E-state index in [1.807, 2.05) is 12.1 Å². The molecule has 0 saturated heterocycles. The first kappa shape index (κ1) is 19.4. The molecule has 0 aliphatic rings. The van der Waals surface area contributed by atoms with Crippen molar-refractivity contribution in [1.29, 1.82) is 0 Å². The second kappa shape index (κ2) is 6.78. The van der Waals surface area contributed by atoms with Crippen LogP contribution in [-0.4, -0.2) is 14.3 Å². The number of anilines is 1. The van der Waals surface area contributed by atoms with E-state index in [2.05, 4.69) is 26.1 Å². The van der Waals surface area contributed by atoms with Crippen LogP contribution in [0.4, 0.5) is 5.69 Å². The first-order valence-corrected chi connectivity index (χ1v) is 9.57. The van der Waals surface area contributed by atoms with E-state index in [0.717, 1.165) is 5.56 Å². The van der Waals surface area contributed by atoms with E-state index >= 15 is 0 Å². The zero-order valence-corrected chi connectivity index (χ0v) is 16.1. The lowest BCUT2D eigenvalue weighted by molar-refractivity contribution is 0.102. The number of hydrogen-bond donors (Lipinski definition) is 2. The van der Waals surface area contributed by atoms with Gasteiger partial charge in [-0.2, -0.15) is 0 Å². The van der Waals surface area contributed by atoms with E-state index in [1.165, 1.54) is 12.1 Å². The van der Waals surface area contributed by atoms with Gasteiger partial charge in [-0.25, -0.2) is 13.6 Å². The predicted octanol–water partition coefficient (Wildman–Crippen LogP) is 3.85. The molecule has 1 amide bonds. The summed E-state index contributed by atoms with van der Waals surface area (Å²) in [6.45, 7) is 7.82. The van der Waals surface area contributed by atoms with Gasteiger partial charge in [0.15, 0.2) is 0 Å². The minimum absolute atomic E-state index is 0.0100. The lowest BCUT2D eigenvalue weighted by Gasteiger charge is -2.19. The Morgan fingerprint density at radius 1 is 1.12 bits per heavy atom. The van der Waals surface area contributed by atoms with Crippen LogP contribution in [0.5, 0.6) is 0 Å². The number of benzene rings is 2. The molecule has 0 unspecified atom stereocenters. The van der Waals surface area contributed by atoms with Gasteiger partial charge in [0.1, 0.15) is 0 Å². The monoisotopic (exact) mass is 380 g/mol. The Bertz CT molecular complexity index is 915. The molecular weight excluding hydrogens is 360 g/mol. The molecule has 5 nitrogen and oxygen atoms in total. The fraction of sp³-hybridized carbons (Fsp3) is 0.278. The number of amides is 1. The highest BCUT2D eigenvalue weighted by Crippen LogP contribution is 2.28. The molecule has 0 heterocycles. The zero-order valence-electron chi connectivity index (χ0n) is 14.6. The van der Waals surface area contributed by atoms with Crippen LogP contribution >= 0.6 is 11.6 Å². The van der Waals surface area contributed by atoms with Crippen molar-refractivity contribution in [3.63, 3.8) is 0 Å². The second-order valence-electron chi connectivity index (χ2n) is 6.91. The number of sulfonamides is 1. The first-order valence-electron chi connectivity index (χ1n) is 7.64. The van der Waals surface area contributed by atoms with Crippen LogP contribution < -0.4 is 10.5 Å². The Labute approximate surface area is 153 Å². The molecular formula is C18H21ClN2O3S. The van der Waals surface area contributed by atoms with Gasteiger partial charge < -0.3 is 5.32 Å². The van der Waals surface area contributed by atoms with E-state index < -0.39 is 10.0 Å². The van der Waals surface area contributed by atoms with Crippen molar-refractivity contribution in [1.82, 2.24) is 0 Å². The van der Waals surface area contributed by atoms with Gasteiger partial charge in [0.2, 0.25) is 10.0 Å². The number of rotatable bonds is 3. The molecule has 2 aromatic rings. The van der Waals surface area contributed by atoms with Crippen LogP contribution in [0.1, 0.15) is 42.3 Å². The molecule has 134 valence electrons. The van der Waals surface area contributed by atoms with Crippen molar-refractivity contribution >= 4 is 33.2 Å². The number of nitrogens with two attached hydrogens (primary N) is 1. The highest BCUT2D eigenvalue weighted by molar-refractivity contribution is 7.89. The molecule has 0 aliphatic heterocycles. The molecule has 3 N–H and O–H groups in total. The number of halogens is 1. The minimum atomic E-state index is -3.94. The van der Waals surface area contributed by atoms with Gasteiger partial charge in [-0.3, -0.25) is 4.79 Å². The molecule has 0 saturated carbocycles. The maximum absolute atomic E-state index is 12.4. The lowest BCUT2D eigenvalue weighted by Crippen LogP contribution is -2.17. The maximum atomic E-state index is 12.4. The Hall–Kier alpha value is -1.89. The van der Waals surface area contributed by atoms with Crippen molar-refractivity contribution in [2.75, 3.05) is 5.32 Å². The molecule has 2 aromatic carbocycles. The number of hydrogen-bond acceptors (Lipinski definition) is 3. The second-order valence-corrected chi connectivity index (χ2v) is 8.84. The van der Waals surface area contributed by atoms with Gasteiger partial charge in [-0.05, 0) is 47.7 Å². The van der Waals surface area contributed by atoms with Crippen molar-refractivity contribution in [3.05, 3.63) is 58.1 Å². The highest BCUT2D eigenvalue weighted by Gasteiger charge is 2.18. The van der Waals surface area contributed by atoms with Crippen LogP contribution in [0.25, 0.3) is 0 Å². The predicted molar refractivity (Wildman–Crippen MR) is 101 cm³/mol. The van der Waals surface area contributed by atoms with E-state index in [0.29, 0.717) is 11.1 Å². The summed E-state index contributed by atoms with van der Waals surface area (Å²) in [5.74, 6) is -0.360. The molecule has 0 aromatic heterocycles. The topological polar surface area (TPSA) is 89.3 Å². The van der Waals surface area contributed by atoms with Crippen molar-refractivity contribution in [2.45, 2.75) is 38.0 Å². The minimum Gasteiger partial charge on any atom is -0.322 e. The van der Waals surface area contributed by atoms with Crippen LogP contribution in [-0.2, 0) is 15.4 Å². The summed E-state index contributed by atoms with van der Waals surface area (Å²) >= 11 is 6.05. The molecule has 0 atom stereocenters. The molecule has 0 aliphatic carbocycles. The van der Waals surface area contributed by atoms with Gasteiger partial charge in [-0.1, -0.05) is 44.5 Å². The molecule has 7 heteroatoms. The molecule has 0 fully saturated rings. The smallest absolute Gasteiger partial charge is 0.255 e. The standard InChI is InChI=1S/C18H21ClN2O3S/c1-11-15(19)9-14(10-16(11)25(20,23)24)21-17(22)12-5-7-13(8-6-12)18(2,3)4/h5-10H,1-4H3,(H,21,22)(H2,20,23,24). The van der Waals surface area contributed by atoms with Gasteiger partial charge >= 0.3 is 0 Å². The van der Waals surface area contributed by atoms with Gasteiger partial charge in [0.25, 0.3) is 5.91 Å². The summed E-state index contributed by atoms with van der Waals surface area (Å²) in [4.78, 5) is 12.3. The van der Waals surface area contributed by atoms with Crippen molar-refractivity contribution in [3.8, 4) is 0 Å². The van der Waals surface area contributed by atoms with Gasteiger partial charge in [-0.15, -0.1) is 0 Å². The Morgan fingerprint density at radius 3 is 2.16 bits per heavy atom. The molecule has 0 radical (unpaired) electrons. The third kappa shape index (κ3) is 4.60. The van der Waals surface area contributed by atoms with Crippen LogP contribution in [0.15, 0.2) is 41.3 Å². The van der Waals surface area contributed by atoms with Crippen LogP contribution in [0.3, 0.4) is 0 Å². The normalized spacial score (nSPS) is 12.1. The van der Waals surface area contributed by atoms with E-state index in [4.69, 9.17) is 16.7 Å². The van der Waals surface area contributed by atoms with E-state index in [9.17, 15) is 13.2 Å². The average molecular weight is 381 g/mol. The van der Waals surface area contributed by atoms with Gasteiger partial charge in [0, 0.05) is 16.3 Å². The summed E-state index contributed by atoms with van der Waals surface area (Å²) in [5, 5.41) is 8.06. The van der Waals surface area contributed by atoms with Crippen LogP contribution in [0.2, 0.25) is 5.02 Å². The summed E-state index contributed by atoms with van der Waals surface area (Å²) in [7, 11) is -3.94. The maximum Gasteiger partial charge on any atom is 0.255 e. The Balaban J connectivity index is 2.31. The van der Waals surface area contributed by atoms with Gasteiger partial charge in [0.05, 0.1) is 4.90 Å². The quantitative estimate of drug-likeness (QED) is 0.847. The third-order valence-electron chi connectivity index (χ3n) is 3.87. The third-order valence-corrected chi connectivity index (χ3v) is 5.30. The summed E-state index contributed by atoms with van der Waals surface area (Å²) < 4.78 is 23.3. The summed E-state index contributed by atoms with van der Waals surface area (Å²) in [6, 6.07) is 10.0. The highest BCUT2D eigenvalue weighted by atomic mass is 35.5. The summed E-state index contributed by atoms with van der Waals surface area (Å²) in [5.41, 5.74) is 2.17. The number of carbonyl (C=O) groups is 1. The Morgan fingerprint density at radius 2 is 1.68 bits per heavy atom. The first-order chi connectivity index (χ1) is 11.4. The average Bonchev–Trinajstić information content (AvgIpc) is 2.48. The molecule has 0 spiro atoms. The molecule has 0 bridgehead atoms. The lowest BCUT2D eigenvalue weighted by atomic mass is 9.87. The van der Waals surface area contributed by atoms with Crippen LogP contribution in [0, 0.1) is 6.92 Å². The SMILES string of the molecule is Cc1c(Cl)cc(NC(=O)c2ccc(C(C)(C)C)cc2)cc1S(N)(=O)=O. The summed E-state index contributed by atoms with van der Waals surface area (Å²) in [6.07, 6.45) is 0. The molecule has 2 rings (SSSR count). The fourth-order valence-electron chi connectivity index (χ4n) is 2.35.